The Morgan fingerprint density at radius 1 is 1.16 bits per heavy atom. The Labute approximate surface area is 190 Å². The minimum absolute atomic E-state index is 0.0573. The van der Waals surface area contributed by atoms with Crippen molar-refractivity contribution in [3.63, 3.8) is 0 Å². The van der Waals surface area contributed by atoms with E-state index in [1.54, 1.807) is 25.1 Å². The summed E-state index contributed by atoms with van der Waals surface area (Å²) in [4.78, 5) is 14.6. The summed E-state index contributed by atoms with van der Waals surface area (Å²) in [6.07, 6.45) is 3.83. The van der Waals surface area contributed by atoms with Crippen molar-refractivity contribution in [3.8, 4) is 0 Å². The lowest BCUT2D eigenvalue weighted by molar-refractivity contribution is -0.121. The van der Waals surface area contributed by atoms with Gasteiger partial charge in [0.05, 0.1) is 11.9 Å². The molecule has 0 spiro atoms. The number of hydrogen-bond acceptors (Lipinski definition) is 4. The highest BCUT2D eigenvalue weighted by atomic mass is 35.5. The average molecular weight is 464 g/mol. The number of carbonyl (C=O) groups is 1. The van der Waals surface area contributed by atoms with E-state index in [1.165, 1.54) is 21.8 Å². The molecule has 0 unspecified atom stereocenters. The SMILES string of the molecule is Cc1c(Cl)cccc1N(CCCC(=O)NCCCN1CCc2ccccc21)S(C)(=O)=O. The van der Waals surface area contributed by atoms with Gasteiger partial charge in [0, 0.05) is 43.3 Å². The van der Waals surface area contributed by atoms with Gasteiger partial charge in [-0.3, -0.25) is 9.10 Å². The average Bonchev–Trinajstić information content (AvgIpc) is 3.13. The van der Waals surface area contributed by atoms with Gasteiger partial charge in [-0.15, -0.1) is 0 Å². The second-order valence-corrected chi connectivity index (χ2v) is 10.2. The van der Waals surface area contributed by atoms with E-state index in [4.69, 9.17) is 11.6 Å². The number of halogens is 1. The molecule has 0 radical (unpaired) electrons. The molecule has 0 bridgehead atoms. The molecule has 168 valence electrons. The van der Waals surface area contributed by atoms with Gasteiger partial charge in [0.15, 0.2) is 0 Å². The molecule has 0 atom stereocenters. The van der Waals surface area contributed by atoms with Crippen LogP contribution in [-0.2, 0) is 21.2 Å². The molecule has 6 nitrogen and oxygen atoms in total. The molecule has 0 aromatic heterocycles. The first-order valence-corrected chi connectivity index (χ1v) is 12.8. The Kier molecular flexibility index (Phi) is 7.84. The molecule has 31 heavy (non-hydrogen) atoms. The number of carbonyl (C=O) groups excluding carboxylic acids is 1. The first-order chi connectivity index (χ1) is 14.8. The summed E-state index contributed by atoms with van der Waals surface area (Å²) in [5, 5.41) is 3.47. The van der Waals surface area contributed by atoms with Crippen molar-refractivity contribution >= 4 is 38.9 Å². The van der Waals surface area contributed by atoms with Crippen LogP contribution in [0.4, 0.5) is 11.4 Å². The predicted octanol–water partition coefficient (Wildman–Crippen LogP) is 3.76. The van der Waals surface area contributed by atoms with Gasteiger partial charge in [0.1, 0.15) is 0 Å². The number of para-hydroxylation sites is 1. The first-order valence-electron chi connectivity index (χ1n) is 10.6. The highest BCUT2D eigenvalue weighted by Gasteiger charge is 2.20. The number of nitrogens with zero attached hydrogens (tertiary/aromatic N) is 2. The third-order valence-corrected chi connectivity index (χ3v) is 7.17. The quantitative estimate of drug-likeness (QED) is 0.544. The third kappa shape index (κ3) is 6.14. The number of rotatable bonds is 10. The Balaban J connectivity index is 1.42. The second-order valence-electron chi connectivity index (χ2n) is 7.89. The summed E-state index contributed by atoms with van der Waals surface area (Å²) in [7, 11) is -3.47. The second kappa shape index (κ2) is 10.4. The van der Waals surface area contributed by atoms with Crippen LogP contribution in [-0.4, -0.2) is 46.8 Å². The van der Waals surface area contributed by atoms with Crippen molar-refractivity contribution in [1.29, 1.82) is 0 Å². The number of nitrogens with one attached hydrogen (secondary N) is 1. The molecular formula is C23H30ClN3O3S. The summed E-state index contributed by atoms with van der Waals surface area (Å²) in [5.41, 5.74) is 3.95. The minimum Gasteiger partial charge on any atom is -0.371 e. The molecule has 1 N–H and O–H groups in total. The van der Waals surface area contributed by atoms with Crippen molar-refractivity contribution in [1.82, 2.24) is 5.32 Å². The molecule has 0 aliphatic carbocycles. The molecule has 2 aromatic carbocycles. The van der Waals surface area contributed by atoms with Crippen LogP contribution in [0.3, 0.4) is 0 Å². The number of hydrogen-bond donors (Lipinski definition) is 1. The summed E-state index contributed by atoms with van der Waals surface area (Å²) < 4.78 is 25.9. The van der Waals surface area contributed by atoms with Crippen LogP contribution in [0.2, 0.25) is 5.02 Å². The molecule has 1 heterocycles. The maximum atomic E-state index is 12.3. The first kappa shape index (κ1) is 23.4. The van der Waals surface area contributed by atoms with Gasteiger partial charge in [-0.25, -0.2) is 8.42 Å². The van der Waals surface area contributed by atoms with Crippen molar-refractivity contribution in [2.75, 3.05) is 41.6 Å². The summed E-state index contributed by atoms with van der Waals surface area (Å²) in [6, 6.07) is 13.6. The zero-order valence-electron chi connectivity index (χ0n) is 18.1. The van der Waals surface area contributed by atoms with Gasteiger partial charge >= 0.3 is 0 Å². The lowest BCUT2D eigenvalue weighted by Gasteiger charge is -2.24. The minimum atomic E-state index is -3.47. The largest absolute Gasteiger partial charge is 0.371 e. The highest BCUT2D eigenvalue weighted by molar-refractivity contribution is 7.92. The monoisotopic (exact) mass is 463 g/mol. The number of sulfonamides is 1. The molecule has 8 heteroatoms. The molecule has 0 saturated carbocycles. The number of amides is 1. The maximum Gasteiger partial charge on any atom is 0.232 e. The van der Waals surface area contributed by atoms with Gasteiger partial charge in [0.25, 0.3) is 0 Å². The molecule has 3 rings (SSSR count). The molecule has 1 aliphatic heterocycles. The van der Waals surface area contributed by atoms with E-state index in [-0.39, 0.29) is 18.9 Å². The molecule has 2 aromatic rings. The van der Waals surface area contributed by atoms with E-state index >= 15 is 0 Å². The van der Waals surface area contributed by atoms with Crippen LogP contribution >= 0.6 is 11.6 Å². The van der Waals surface area contributed by atoms with Gasteiger partial charge in [0.2, 0.25) is 15.9 Å². The van der Waals surface area contributed by atoms with E-state index in [0.29, 0.717) is 29.2 Å². The zero-order valence-corrected chi connectivity index (χ0v) is 19.7. The molecule has 0 fully saturated rings. The van der Waals surface area contributed by atoms with Gasteiger partial charge < -0.3 is 10.2 Å². The van der Waals surface area contributed by atoms with Crippen molar-refractivity contribution in [3.05, 3.63) is 58.6 Å². The fourth-order valence-corrected chi connectivity index (χ4v) is 5.12. The standard InChI is InChI=1S/C23H30ClN3O3S/c1-18-20(24)9-5-11-21(18)27(31(2,29)30)16-6-12-23(28)25-14-7-15-26-17-13-19-8-3-4-10-22(19)26/h3-5,8-11H,6-7,12-17H2,1-2H3,(H,25,28). The van der Waals surface area contributed by atoms with E-state index in [1.807, 2.05) is 0 Å². The Morgan fingerprint density at radius 3 is 2.71 bits per heavy atom. The number of anilines is 2. The van der Waals surface area contributed by atoms with Crippen LogP contribution in [0.5, 0.6) is 0 Å². The normalized spacial score (nSPS) is 13.2. The van der Waals surface area contributed by atoms with E-state index in [0.717, 1.165) is 25.9 Å². The highest BCUT2D eigenvalue weighted by Crippen LogP contribution is 2.29. The Bertz CT molecular complexity index is 1030. The summed E-state index contributed by atoms with van der Waals surface area (Å²) >= 11 is 6.15. The van der Waals surface area contributed by atoms with Gasteiger partial charge in [-0.05, 0) is 55.5 Å². The van der Waals surface area contributed by atoms with E-state index < -0.39 is 10.0 Å². The molecular weight excluding hydrogens is 434 g/mol. The van der Waals surface area contributed by atoms with Crippen LogP contribution in [0.25, 0.3) is 0 Å². The molecule has 0 saturated heterocycles. The molecule has 1 amide bonds. The van der Waals surface area contributed by atoms with Crippen LogP contribution in [0, 0.1) is 6.92 Å². The van der Waals surface area contributed by atoms with Crippen LogP contribution < -0.4 is 14.5 Å². The lowest BCUT2D eigenvalue weighted by atomic mass is 10.2. The maximum absolute atomic E-state index is 12.3. The van der Waals surface area contributed by atoms with Gasteiger partial charge in [-0.2, -0.15) is 0 Å². The van der Waals surface area contributed by atoms with Crippen molar-refractivity contribution < 1.29 is 13.2 Å². The van der Waals surface area contributed by atoms with Crippen LogP contribution in [0.1, 0.15) is 30.4 Å². The zero-order chi connectivity index (χ0) is 22.4. The third-order valence-electron chi connectivity index (χ3n) is 5.58. The lowest BCUT2D eigenvalue weighted by Crippen LogP contribution is -2.33. The van der Waals surface area contributed by atoms with Crippen molar-refractivity contribution in [2.24, 2.45) is 0 Å². The Morgan fingerprint density at radius 2 is 1.94 bits per heavy atom. The fraction of sp³-hybridized carbons (Fsp3) is 0.435. The smallest absolute Gasteiger partial charge is 0.232 e. The fourth-order valence-electron chi connectivity index (χ4n) is 3.94. The predicted molar refractivity (Wildman–Crippen MR) is 128 cm³/mol. The van der Waals surface area contributed by atoms with E-state index in [2.05, 4.69) is 34.5 Å². The van der Waals surface area contributed by atoms with E-state index in [9.17, 15) is 13.2 Å². The number of benzene rings is 2. The summed E-state index contributed by atoms with van der Waals surface area (Å²) in [6.45, 7) is 4.57. The van der Waals surface area contributed by atoms with Crippen LogP contribution in [0.15, 0.2) is 42.5 Å². The number of fused-ring (bicyclic) bond motifs is 1. The molecule has 1 aliphatic rings. The topological polar surface area (TPSA) is 69.7 Å². The van der Waals surface area contributed by atoms with Crippen molar-refractivity contribution in [2.45, 2.75) is 32.6 Å². The Hall–Kier alpha value is -2.25. The summed E-state index contributed by atoms with van der Waals surface area (Å²) in [5.74, 6) is -0.0573. The van der Waals surface area contributed by atoms with Gasteiger partial charge in [-0.1, -0.05) is 35.9 Å².